The van der Waals surface area contributed by atoms with E-state index in [2.05, 4.69) is 46.9 Å². The number of halogens is 1. The Labute approximate surface area is 103 Å². The number of nitrogens with zero attached hydrogens (tertiary/aromatic N) is 1. The summed E-state index contributed by atoms with van der Waals surface area (Å²) in [5.74, 6) is 0. The minimum absolute atomic E-state index is 0.320. The lowest BCUT2D eigenvalue weighted by molar-refractivity contribution is 0.0675. The lowest BCUT2D eigenvalue weighted by Gasteiger charge is -2.31. The van der Waals surface area contributed by atoms with Gasteiger partial charge in [0.1, 0.15) is 0 Å². The molecule has 2 nitrogen and oxygen atoms in total. The molecule has 1 saturated heterocycles. The van der Waals surface area contributed by atoms with Gasteiger partial charge in [-0.1, -0.05) is 12.1 Å². The Bertz CT molecular complexity index is 391. The number of hydrogen-bond donors (Lipinski definition) is 0. The Hall–Kier alpha value is -0.600. The molecule has 0 saturated carbocycles. The van der Waals surface area contributed by atoms with E-state index < -0.39 is 0 Å². The molecule has 1 fully saturated rings. The van der Waals surface area contributed by atoms with Crippen LogP contribution in [0.2, 0.25) is 0 Å². The van der Waals surface area contributed by atoms with Crippen molar-refractivity contribution in [2.75, 3.05) is 13.2 Å². The third-order valence-electron chi connectivity index (χ3n) is 2.94. The van der Waals surface area contributed by atoms with E-state index in [1.807, 2.05) is 6.07 Å². The Balaban J connectivity index is 2.37. The smallest absolute Gasteiger partial charge is 0.0866 e. The summed E-state index contributed by atoms with van der Waals surface area (Å²) in [5, 5.41) is 9.38. The molecule has 1 aromatic rings. The highest BCUT2D eigenvalue weighted by Crippen LogP contribution is 2.34. The predicted molar refractivity (Wildman–Crippen MR) is 66.5 cm³/mol. The van der Waals surface area contributed by atoms with Crippen LogP contribution in [0.4, 0.5) is 0 Å². The van der Waals surface area contributed by atoms with Gasteiger partial charge in [0, 0.05) is 16.8 Å². The van der Waals surface area contributed by atoms with Crippen molar-refractivity contribution < 1.29 is 4.74 Å². The van der Waals surface area contributed by atoms with Crippen LogP contribution in [0, 0.1) is 14.9 Å². The van der Waals surface area contributed by atoms with E-state index in [-0.39, 0.29) is 5.41 Å². The fraction of sp³-hybridized carbons (Fsp3) is 0.417. The highest BCUT2D eigenvalue weighted by Gasteiger charge is 2.34. The van der Waals surface area contributed by atoms with E-state index in [1.165, 1.54) is 3.57 Å². The minimum Gasteiger partial charge on any atom is -0.381 e. The molecule has 3 heteroatoms. The molecule has 1 aliphatic rings. The maximum atomic E-state index is 9.38. The zero-order chi connectivity index (χ0) is 10.7. The normalized spacial score (nSPS) is 19.5. The van der Waals surface area contributed by atoms with Crippen LogP contribution in [0.1, 0.15) is 18.4 Å². The largest absolute Gasteiger partial charge is 0.381 e. The summed E-state index contributed by atoms with van der Waals surface area (Å²) in [6.45, 7) is 1.39. The average Bonchev–Trinajstić information content (AvgIpc) is 2.30. The van der Waals surface area contributed by atoms with Crippen LogP contribution in [-0.2, 0) is 10.2 Å². The van der Waals surface area contributed by atoms with E-state index in [9.17, 15) is 5.26 Å². The third kappa shape index (κ3) is 2.16. The summed E-state index contributed by atoms with van der Waals surface area (Å²) in [6.07, 6.45) is 1.62. The summed E-state index contributed by atoms with van der Waals surface area (Å²) >= 11 is 2.28. The lowest BCUT2D eigenvalue weighted by atomic mass is 9.76. The van der Waals surface area contributed by atoms with Crippen LogP contribution in [0.3, 0.4) is 0 Å². The molecule has 0 unspecified atom stereocenters. The van der Waals surface area contributed by atoms with Gasteiger partial charge in [0.05, 0.1) is 11.5 Å². The molecule has 1 heterocycles. The highest BCUT2D eigenvalue weighted by atomic mass is 127. The Morgan fingerprint density at radius 2 is 2.07 bits per heavy atom. The van der Waals surface area contributed by atoms with Gasteiger partial charge in [-0.2, -0.15) is 5.26 Å². The maximum absolute atomic E-state index is 9.38. The molecule has 1 aliphatic heterocycles. The van der Waals surface area contributed by atoms with Gasteiger partial charge >= 0.3 is 0 Å². The van der Waals surface area contributed by atoms with Gasteiger partial charge in [0.25, 0.3) is 0 Å². The van der Waals surface area contributed by atoms with Gasteiger partial charge in [-0.15, -0.1) is 0 Å². The SMILES string of the molecule is N#CC1(c2cccc(I)c2)CCOCC1. The Kier molecular flexibility index (Phi) is 3.27. The van der Waals surface area contributed by atoms with Crippen molar-refractivity contribution in [3.63, 3.8) is 0 Å². The second-order valence-electron chi connectivity index (χ2n) is 3.82. The van der Waals surface area contributed by atoms with Crippen molar-refractivity contribution in [3.8, 4) is 6.07 Å². The van der Waals surface area contributed by atoms with E-state index in [4.69, 9.17) is 4.74 Å². The third-order valence-corrected chi connectivity index (χ3v) is 3.61. The van der Waals surface area contributed by atoms with E-state index in [1.54, 1.807) is 0 Å². The quantitative estimate of drug-likeness (QED) is 0.747. The zero-order valence-corrected chi connectivity index (χ0v) is 10.5. The molecule has 0 atom stereocenters. The van der Waals surface area contributed by atoms with Crippen LogP contribution in [0.25, 0.3) is 0 Å². The number of rotatable bonds is 1. The van der Waals surface area contributed by atoms with Crippen molar-refractivity contribution in [3.05, 3.63) is 33.4 Å². The molecule has 0 spiro atoms. The van der Waals surface area contributed by atoms with E-state index in [0.29, 0.717) is 13.2 Å². The number of ether oxygens (including phenoxy) is 1. The van der Waals surface area contributed by atoms with Gasteiger partial charge in [0.15, 0.2) is 0 Å². The molecular formula is C12H12INO. The number of nitriles is 1. The molecule has 78 valence electrons. The van der Waals surface area contributed by atoms with Crippen LogP contribution >= 0.6 is 22.6 Å². The lowest BCUT2D eigenvalue weighted by Crippen LogP contribution is -2.32. The van der Waals surface area contributed by atoms with Gasteiger partial charge in [0.2, 0.25) is 0 Å². The second kappa shape index (κ2) is 4.50. The molecule has 0 amide bonds. The topological polar surface area (TPSA) is 33.0 Å². The highest BCUT2D eigenvalue weighted by molar-refractivity contribution is 14.1. The van der Waals surface area contributed by atoms with Gasteiger partial charge < -0.3 is 4.74 Å². The summed E-state index contributed by atoms with van der Waals surface area (Å²) in [7, 11) is 0. The van der Waals surface area contributed by atoms with Crippen LogP contribution < -0.4 is 0 Å². The molecule has 1 aromatic carbocycles. The molecular weight excluding hydrogens is 301 g/mol. The standard InChI is InChI=1S/C12H12INO/c13-11-3-1-2-10(8-11)12(9-14)4-6-15-7-5-12/h1-3,8H,4-7H2. The molecule has 15 heavy (non-hydrogen) atoms. The van der Waals surface area contributed by atoms with Crippen molar-refractivity contribution in [1.82, 2.24) is 0 Å². The first kappa shape index (κ1) is 10.9. The minimum atomic E-state index is -0.320. The van der Waals surface area contributed by atoms with Crippen LogP contribution in [-0.4, -0.2) is 13.2 Å². The summed E-state index contributed by atoms with van der Waals surface area (Å²) in [6, 6.07) is 10.7. The fourth-order valence-electron chi connectivity index (χ4n) is 1.97. The Morgan fingerprint density at radius 3 is 2.67 bits per heavy atom. The molecule has 2 rings (SSSR count). The Morgan fingerprint density at radius 1 is 1.33 bits per heavy atom. The van der Waals surface area contributed by atoms with Crippen molar-refractivity contribution >= 4 is 22.6 Å². The van der Waals surface area contributed by atoms with Gasteiger partial charge in [-0.3, -0.25) is 0 Å². The first-order valence-corrected chi connectivity index (χ1v) is 6.10. The van der Waals surface area contributed by atoms with Crippen molar-refractivity contribution in [2.24, 2.45) is 0 Å². The first-order chi connectivity index (χ1) is 7.27. The molecule has 0 bridgehead atoms. The molecule has 0 aromatic heterocycles. The van der Waals surface area contributed by atoms with E-state index in [0.717, 1.165) is 18.4 Å². The number of benzene rings is 1. The summed E-state index contributed by atoms with van der Waals surface area (Å²) < 4.78 is 6.51. The fourth-order valence-corrected chi connectivity index (χ4v) is 2.51. The average molecular weight is 313 g/mol. The summed E-state index contributed by atoms with van der Waals surface area (Å²) in [5.41, 5.74) is 0.819. The van der Waals surface area contributed by atoms with Gasteiger partial charge in [-0.05, 0) is 53.1 Å². The van der Waals surface area contributed by atoms with Crippen LogP contribution in [0.15, 0.2) is 24.3 Å². The monoisotopic (exact) mass is 313 g/mol. The molecule has 0 N–H and O–H groups in total. The maximum Gasteiger partial charge on any atom is 0.0866 e. The van der Waals surface area contributed by atoms with Crippen LogP contribution in [0.5, 0.6) is 0 Å². The first-order valence-electron chi connectivity index (χ1n) is 5.02. The van der Waals surface area contributed by atoms with Crippen molar-refractivity contribution in [1.29, 1.82) is 5.26 Å². The second-order valence-corrected chi connectivity index (χ2v) is 5.06. The molecule has 0 aliphatic carbocycles. The van der Waals surface area contributed by atoms with Crippen molar-refractivity contribution in [2.45, 2.75) is 18.3 Å². The number of hydrogen-bond acceptors (Lipinski definition) is 2. The van der Waals surface area contributed by atoms with E-state index >= 15 is 0 Å². The van der Waals surface area contributed by atoms with Gasteiger partial charge in [-0.25, -0.2) is 0 Å². The summed E-state index contributed by atoms with van der Waals surface area (Å²) in [4.78, 5) is 0. The predicted octanol–water partition coefficient (Wildman–Crippen LogP) is 2.86. The zero-order valence-electron chi connectivity index (χ0n) is 8.37. The molecule has 0 radical (unpaired) electrons.